The zero-order valence-corrected chi connectivity index (χ0v) is 36.7. The molecule has 0 atom stereocenters. The normalized spacial score (nSPS) is 18.2. The molecule has 6 aromatic rings. The summed E-state index contributed by atoms with van der Waals surface area (Å²) in [5.74, 6) is -0.915. The maximum absolute atomic E-state index is 12.6. The van der Waals surface area contributed by atoms with Gasteiger partial charge >= 0.3 is 30.8 Å². The molecule has 2 amide bonds. The largest absolute Gasteiger partial charge is 1.00 e. The minimum Gasteiger partial charge on any atom is -0.870 e. The molecule has 19 heteroatoms. The molecule has 0 bridgehead atoms. The minimum atomic E-state index is -0.760. The van der Waals surface area contributed by atoms with Crippen LogP contribution in [-0.2, 0) is 19.1 Å². The molecule has 4 N–H and O–H groups in total. The van der Waals surface area contributed by atoms with Crippen molar-refractivity contribution in [2.24, 2.45) is 11.8 Å². The van der Waals surface area contributed by atoms with Crippen molar-refractivity contribution < 1.29 is 67.6 Å². The van der Waals surface area contributed by atoms with E-state index < -0.39 is 5.97 Å². The molecule has 5 heterocycles. The molecule has 3 fully saturated rings. The fraction of sp³-hybridized carbons (Fsp3) is 0.378. The summed E-state index contributed by atoms with van der Waals surface area (Å²) in [4.78, 5) is 56.2. The number of esters is 1. The van der Waals surface area contributed by atoms with Crippen molar-refractivity contribution in [1.29, 1.82) is 0 Å². The number of benzene rings is 2. The Morgan fingerprint density at radius 1 is 0.688 bits per heavy atom. The van der Waals surface area contributed by atoms with Crippen LogP contribution < -0.4 is 39.0 Å². The van der Waals surface area contributed by atoms with Crippen LogP contribution in [0.2, 0.25) is 0 Å². The summed E-state index contributed by atoms with van der Waals surface area (Å²) < 4.78 is 24.3. The number of hydrogen-bond donors (Lipinski definition) is 3. The first kappa shape index (κ1) is 48.7. The van der Waals surface area contributed by atoms with Crippen molar-refractivity contribution >= 4 is 56.9 Å². The molecule has 1 aliphatic heterocycles. The number of pyridine rings is 2. The first-order valence-electron chi connectivity index (χ1n) is 20.4. The molecule has 1 saturated heterocycles. The number of carbonyl (C=O) groups is 4. The van der Waals surface area contributed by atoms with Crippen LogP contribution in [0, 0.1) is 25.7 Å². The standard InChI is InChI=1S/C21H22N4O4.C20H20N4O4.C4H8O.Li.H2O/c1-12-5-4-6-16(22-12)20(26)23-18-9-14-11-25(24-17(14)10-19(18)28-2)15-7-13(8-15)21(27)29-3;1-11-4-3-5-15(21-11)19(25)22-17-8-13-10-24(14-6-12(7-14)20(26)27)23-16(13)9-18(17)28-2;1-2-4-5-3-1;;/h4-6,9-11,13,15H,7-8H2,1-3H3,(H,23,26);3-5,8-10,12,14H,6-7H2,1-2H3,(H,22,25)(H,26,27);1-4H2;;1H2/q;;;+1;/p-1. The number of anilines is 2. The van der Waals surface area contributed by atoms with Gasteiger partial charge < -0.3 is 40.2 Å². The number of rotatable bonds is 10. The van der Waals surface area contributed by atoms with E-state index in [1.54, 1.807) is 54.3 Å². The van der Waals surface area contributed by atoms with Gasteiger partial charge in [0, 0.05) is 59.9 Å². The molecule has 4 aromatic heterocycles. The van der Waals surface area contributed by atoms with Gasteiger partial charge in [-0.3, -0.25) is 28.5 Å². The molecule has 9 rings (SSSR count). The first-order valence-corrected chi connectivity index (χ1v) is 20.4. The van der Waals surface area contributed by atoms with E-state index in [9.17, 15) is 19.2 Å². The van der Waals surface area contributed by atoms with E-state index in [0.29, 0.717) is 59.9 Å². The number of nitrogens with one attached hydrogen (secondary N) is 2. The number of hydrogen-bond acceptors (Lipinski definition) is 13. The van der Waals surface area contributed by atoms with Gasteiger partial charge in [0.1, 0.15) is 22.9 Å². The monoisotopic (exact) mass is 870 g/mol. The first-order chi connectivity index (χ1) is 29.9. The van der Waals surface area contributed by atoms with Gasteiger partial charge in [-0.2, -0.15) is 10.2 Å². The SMILES string of the molecule is C1CCOC1.COC(=O)C1CC(n2cc3cc(NC(=O)c4cccc(C)n4)c(OC)cc3n2)C1.COc1cc2nn(C3CC(C(=O)O)C3)cc2cc1NC(=O)c1cccc(C)n1.[Li+].[OH-]. The second kappa shape index (κ2) is 21.8. The maximum atomic E-state index is 12.6. The van der Waals surface area contributed by atoms with Crippen LogP contribution in [0.3, 0.4) is 0 Å². The van der Waals surface area contributed by atoms with Gasteiger partial charge in [-0.05, 0) is 88.8 Å². The van der Waals surface area contributed by atoms with Crippen molar-refractivity contribution in [3.05, 3.63) is 95.8 Å². The van der Waals surface area contributed by atoms with Gasteiger partial charge in [-0.15, -0.1) is 0 Å². The Morgan fingerprint density at radius 3 is 1.48 bits per heavy atom. The third-order valence-electron chi connectivity index (χ3n) is 11.1. The molecule has 0 unspecified atom stereocenters. The number of ether oxygens (including phenoxy) is 4. The van der Waals surface area contributed by atoms with E-state index in [1.807, 2.05) is 49.1 Å². The van der Waals surface area contributed by atoms with Crippen LogP contribution in [0.25, 0.3) is 21.8 Å². The average molecular weight is 871 g/mol. The predicted molar refractivity (Wildman–Crippen MR) is 232 cm³/mol. The minimum absolute atomic E-state index is 0. The van der Waals surface area contributed by atoms with Crippen LogP contribution >= 0.6 is 0 Å². The number of carboxylic acid groups (broad SMARTS) is 1. The molecule has 18 nitrogen and oxygen atoms in total. The zero-order chi connectivity index (χ0) is 43.9. The van der Waals surface area contributed by atoms with Crippen molar-refractivity contribution in [1.82, 2.24) is 29.5 Å². The Bertz CT molecular complexity index is 2590. The molecule has 2 saturated carbocycles. The number of carboxylic acids is 1. The van der Waals surface area contributed by atoms with E-state index in [1.165, 1.54) is 27.1 Å². The van der Waals surface area contributed by atoms with Gasteiger partial charge in [-0.25, -0.2) is 9.97 Å². The summed E-state index contributed by atoms with van der Waals surface area (Å²) in [7, 11) is 4.49. The molecular formula is C45H51LiN8O10. The Morgan fingerprint density at radius 2 is 1.12 bits per heavy atom. The molecule has 2 aliphatic carbocycles. The van der Waals surface area contributed by atoms with Crippen LogP contribution in [0.4, 0.5) is 11.4 Å². The van der Waals surface area contributed by atoms with Crippen molar-refractivity contribution in [3.63, 3.8) is 0 Å². The summed E-state index contributed by atoms with van der Waals surface area (Å²) in [5.41, 5.74) is 4.76. The second-order valence-corrected chi connectivity index (χ2v) is 15.5. The molecule has 0 radical (unpaired) electrons. The number of aromatic nitrogens is 6. The van der Waals surface area contributed by atoms with Gasteiger partial charge in [0.25, 0.3) is 11.8 Å². The van der Waals surface area contributed by atoms with Gasteiger partial charge in [0.05, 0.1) is 67.7 Å². The Labute approximate surface area is 381 Å². The molecule has 332 valence electrons. The van der Waals surface area contributed by atoms with Crippen LogP contribution in [-0.4, -0.2) is 98.4 Å². The van der Waals surface area contributed by atoms with Gasteiger partial charge in [0.15, 0.2) is 0 Å². The maximum Gasteiger partial charge on any atom is 1.00 e. The van der Waals surface area contributed by atoms with Gasteiger partial charge in [0.2, 0.25) is 0 Å². The van der Waals surface area contributed by atoms with E-state index in [0.717, 1.165) is 46.4 Å². The summed E-state index contributed by atoms with van der Waals surface area (Å²) >= 11 is 0. The number of carbonyl (C=O) groups excluding carboxylic acids is 3. The number of aryl methyl sites for hydroxylation is 2. The average Bonchev–Trinajstić information content (AvgIpc) is 4.02. The Balaban J connectivity index is 0.000000211. The fourth-order valence-corrected chi connectivity index (χ4v) is 7.44. The fourth-order valence-electron chi connectivity index (χ4n) is 7.44. The van der Waals surface area contributed by atoms with Crippen molar-refractivity contribution in [2.75, 3.05) is 45.2 Å². The molecular weight excluding hydrogens is 819 g/mol. The number of methoxy groups -OCH3 is 3. The zero-order valence-electron chi connectivity index (χ0n) is 36.7. The smallest absolute Gasteiger partial charge is 0.870 e. The third kappa shape index (κ3) is 11.4. The molecule has 64 heavy (non-hydrogen) atoms. The third-order valence-corrected chi connectivity index (χ3v) is 11.1. The predicted octanol–water partition coefficient (Wildman–Crippen LogP) is 3.79. The number of fused-ring (bicyclic) bond motifs is 2. The van der Waals surface area contributed by atoms with E-state index in [-0.39, 0.29) is 66.0 Å². The molecule has 2 aromatic carbocycles. The van der Waals surface area contributed by atoms with Crippen LogP contribution in [0.5, 0.6) is 11.5 Å². The Kier molecular flexibility index (Phi) is 16.6. The van der Waals surface area contributed by atoms with Crippen LogP contribution in [0.15, 0.2) is 73.1 Å². The number of nitrogens with zero attached hydrogens (tertiary/aromatic N) is 6. The Hall–Kier alpha value is -6.32. The second-order valence-electron chi connectivity index (χ2n) is 15.5. The number of amides is 2. The summed E-state index contributed by atoms with van der Waals surface area (Å²) in [6.07, 6.45) is 8.92. The molecule has 3 aliphatic rings. The summed E-state index contributed by atoms with van der Waals surface area (Å²) in [6, 6.07) is 18.0. The van der Waals surface area contributed by atoms with Crippen LogP contribution in [0.1, 0.15) is 83.0 Å². The topological polar surface area (TPSA) is 241 Å². The van der Waals surface area contributed by atoms with Crippen molar-refractivity contribution in [2.45, 2.75) is 64.5 Å². The van der Waals surface area contributed by atoms with E-state index >= 15 is 0 Å². The molecule has 0 spiro atoms. The number of aliphatic carboxylic acids is 1. The van der Waals surface area contributed by atoms with Crippen molar-refractivity contribution in [3.8, 4) is 11.5 Å². The summed E-state index contributed by atoms with van der Waals surface area (Å²) in [5, 5.41) is 25.6. The quantitative estimate of drug-likeness (QED) is 0.131. The van der Waals surface area contributed by atoms with E-state index in [4.69, 9.17) is 24.1 Å². The van der Waals surface area contributed by atoms with Gasteiger partial charge in [-0.1, -0.05) is 12.1 Å². The summed E-state index contributed by atoms with van der Waals surface area (Å²) in [6.45, 7) is 5.66. The van der Waals surface area contributed by atoms with E-state index in [2.05, 4.69) is 30.8 Å².